The Hall–Kier alpha value is -2.77. The maximum atomic E-state index is 12.4. The fourth-order valence-corrected chi connectivity index (χ4v) is 3.23. The molecule has 25 heavy (non-hydrogen) atoms. The standard InChI is InChI=1S/C17H21N7O/c1-2-13-11-24-12-20-15(9-16(24)21-13)22-5-7-23(8-6-22)17(25)14-10-18-3-4-19-14/h3-4,9-10,12-13H,2,5-8,11H2,1H3/t13-/m1/s1. The molecule has 3 aliphatic heterocycles. The van der Waals surface area contributed by atoms with Crippen LogP contribution in [0.1, 0.15) is 23.8 Å². The number of piperazine rings is 1. The van der Waals surface area contributed by atoms with E-state index >= 15 is 0 Å². The lowest BCUT2D eigenvalue weighted by Crippen LogP contribution is -2.48. The molecule has 0 spiro atoms. The van der Waals surface area contributed by atoms with Crippen molar-refractivity contribution in [3.05, 3.63) is 36.2 Å². The van der Waals surface area contributed by atoms with Gasteiger partial charge in [0.05, 0.1) is 18.6 Å². The molecule has 1 atom stereocenters. The summed E-state index contributed by atoms with van der Waals surface area (Å²) >= 11 is 0. The van der Waals surface area contributed by atoms with E-state index in [9.17, 15) is 4.79 Å². The minimum atomic E-state index is -0.0639. The Kier molecular flexibility index (Phi) is 4.17. The summed E-state index contributed by atoms with van der Waals surface area (Å²) in [5.41, 5.74) is 0.396. The van der Waals surface area contributed by atoms with Gasteiger partial charge in [-0.2, -0.15) is 0 Å². The molecule has 0 radical (unpaired) electrons. The van der Waals surface area contributed by atoms with Gasteiger partial charge in [-0.3, -0.25) is 14.8 Å². The highest BCUT2D eigenvalue weighted by Gasteiger charge is 2.28. The second-order valence-corrected chi connectivity index (χ2v) is 6.32. The first-order valence-corrected chi connectivity index (χ1v) is 8.65. The van der Waals surface area contributed by atoms with Crippen molar-refractivity contribution in [2.75, 3.05) is 32.7 Å². The number of nitrogens with zero attached hydrogens (tertiary/aromatic N) is 7. The van der Waals surface area contributed by atoms with Crippen molar-refractivity contribution in [2.45, 2.75) is 19.4 Å². The molecule has 4 heterocycles. The summed E-state index contributed by atoms with van der Waals surface area (Å²) in [5, 5.41) is 0. The number of hydrogen-bond acceptors (Lipinski definition) is 7. The molecule has 1 saturated heterocycles. The van der Waals surface area contributed by atoms with Crippen molar-refractivity contribution in [3.8, 4) is 0 Å². The van der Waals surface area contributed by atoms with E-state index in [1.54, 1.807) is 12.4 Å². The van der Waals surface area contributed by atoms with E-state index in [1.165, 1.54) is 6.20 Å². The number of aromatic nitrogens is 2. The van der Waals surface area contributed by atoms with Crippen LogP contribution in [0.4, 0.5) is 0 Å². The molecule has 0 unspecified atom stereocenters. The predicted octanol–water partition coefficient (Wildman–Crippen LogP) is 0.610. The van der Waals surface area contributed by atoms with Crippen LogP contribution in [-0.4, -0.2) is 81.5 Å². The normalized spacial score (nSPS) is 22.6. The van der Waals surface area contributed by atoms with Crippen LogP contribution in [0.25, 0.3) is 0 Å². The minimum absolute atomic E-state index is 0.0639. The number of rotatable bonds is 3. The minimum Gasteiger partial charge on any atom is -0.353 e. The smallest absolute Gasteiger partial charge is 0.274 e. The topological polar surface area (TPSA) is 77.3 Å². The molecule has 3 aliphatic rings. The maximum absolute atomic E-state index is 12.4. The molecule has 0 bridgehead atoms. The number of amidine groups is 1. The second kappa shape index (κ2) is 6.62. The van der Waals surface area contributed by atoms with Gasteiger partial charge in [0.15, 0.2) is 0 Å². The molecule has 8 nitrogen and oxygen atoms in total. The maximum Gasteiger partial charge on any atom is 0.274 e. The molecule has 1 amide bonds. The van der Waals surface area contributed by atoms with Crippen molar-refractivity contribution >= 4 is 18.1 Å². The van der Waals surface area contributed by atoms with E-state index in [0.717, 1.165) is 37.7 Å². The summed E-state index contributed by atoms with van der Waals surface area (Å²) in [4.78, 5) is 35.9. The Labute approximate surface area is 146 Å². The number of carbonyl (C=O) groups is 1. The summed E-state index contributed by atoms with van der Waals surface area (Å²) in [6, 6.07) is 0.360. The third kappa shape index (κ3) is 3.11. The van der Waals surface area contributed by atoms with Crippen molar-refractivity contribution < 1.29 is 4.79 Å². The summed E-state index contributed by atoms with van der Waals surface area (Å²) in [6.45, 7) is 5.87. The molecule has 0 N–H and O–H groups in total. The number of amides is 1. The lowest BCUT2D eigenvalue weighted by atomic mass is 10.2. The molecule has 8 heteroatoms. The fourth-order valence-electron chi connectivity index (χ4n) is 3.23. The average Bonchev–Trinajstić information content (AvgIpc) is 3.10. The molecular formula is C17H21N7O. The Morgan fingerprint density at radius 2 is 2.08 bits per heavy atom. The molecule has 0 aliphatic carbocycles. The van der Waals surface area contributed by atoms with Crippen LogP contribution in [0.3, 0.4) is 0 Å². The molecular weight excluding hydrogens is 318 g/mol. The highest BCUT2D eigenvalue weighted by atomic mass is 16.2. The highest BCUT2D eigenvalue weighted by molar-refractivity contribution is 6.03. The van der Waals surface area contributed by atoms with Gasteiger partial charge in [0.25, 0.3) is 5.91 Å². The first-order chi connectivity index (χ1) is 12.2. The number of carbonyl (C=O) groups excluding carboxylic acids is 1. The SMILES string of the molecule is CC[C@@H]1CN2C=NC(N3CCN(C(=O)c4cnccn4)CC3)=CC2=N1. The van der Waals surface area contributed by atoms with Gasteiger partial charge in [-0.1, -0.05) is 6.92 Å². The predicted molar refractivity (Wildman–Crippen MR) is 94.3 cm³/mol. The van der Waals surface area contributed by atoms with E-state index < -0.39 is 0 Å². The Balaban J connectivity index is 1.39. The van der Waals surface area contributed by atoms with Crippen LogP contribution in [0.5, 0.6) is 0 Å². The van der Waals surface area contributed by atoms with Gasteiger partial charge >= 0.3 is 0 Å². The molecule has 4 rings (SSSR count). The van der Waals surface area contributed by atoms with Gasteiger partial charge in [-0.15, -0.1) is 0 Å². The Morgan fingerprint density at radius 3 is 2.80 bits per heavy atom. The molecule has 1 aromatic rings. The van der Waals surface area contributed by atoms with Crippen LogP contribution in [0, 0.1) is 0 Å². The van der Waals surface area contributed by atoms with Gasteiger partial charge in [0.1, 0.15) is 17.4 Å². The second-order valence-electron chi connectivity index (χ2n) is 6.32. The van der Waals surface area contributed by atoms with Gasteiger partial charge in [-0.05, 0) is 6.42 Å². The van der Waals surface area contributed by atoms with Gasteiger partial charge < -0.3 is 14.7 Å². The van der Waals surface area contributed by atoms with Gasteiger partial charge in [0, 0.05) is 51.2 Å². The summed E-state index contributed by atoms with van der Waals surface area (Å²) < 4.78 is 0. The molecule has 0 saturated carbocycles. The van der Waals surface area contributed by atoms with Crippen LogP contribution in [0.2, 0.25) is 0 Å². The zero-order chi connectivity index (χ0) is 17.2. The van der Waals surface area contributed by atoms with Crippen LogP contribution < -0.4 is 0 Å². The van der Waals surface area contributed by atoms with Crippen LogP contribution in [-0.2, 0) is 0 Å². The largest absolute Gasteiger partial charge is 0.353 e. The first kappa shape index (κ1) is 15.7. The fraction of sp³-hybridized carbons (Fsp3) is 0.471. The summed E-state index contributed by atoms with van der Waals surface area (Å²) in [5.74, 6) is 1.86. The first-order valence-electron chi connectivity index (χ1n) is 8.65. The third-order valence-electron chi connectivity index (χ3n) is 4.75. The molecule has 130 valence electrons. The van der Waals surface area contributed by atoms with Crippen molar-refractivity contribution in [2.24, 2.45) is 9.98 Å². The van der Waals surface area contributed by atoms with Crippen molar-refractivity contribution in [1.29, 1.82) is 0 Å². The van der Waals surface area contributed by atoms with E-state index in [2.05, 4.69) is 37.8 Å². The van der Waals surface area contributed by atoms with E-state index in [4.69, 9.17) is 4.99 Å². The summed E-state index contributed by atoms with van der Waals surface area (Å²) in [6.07, 6.45) is 9.60. The van der Waals surface area contributed by atoms with E-state index in [0.29, 0.717) is 24.8 Å². The highest BCUT2D eigenvalue weighted by Crippen LogP contribution is 2.20. The van der Waals surface area contributed by atoms with E-state index in [1.807, 2.05) is 11.2 Å². The number of fused-ring (bicyclic) bond motifs is 1. The average molecular weight is 339 g/mol. The Bertz CT molecular complexity index is 735. The zero-order valence-electron chi connectivity index (χ0n) is 14.2. The number of hydrogen-bond donors (Lipinski definition) is 0. The monoisotopic (exact) mass is 339 g/mol. The number of aliphatic imine (C=N–C) groups is 2. The Morgan fingerprint density at radius 1 is 1.24 bits per heavy atom. The molecule has 0 aromatic carbocycles. The molecule has 1 aromatic heterocycles. The molecule has 1 fully saturated rings. The van der Waals surface area contributed by atoms with Gasteiger partial charge in [-0.25, -0.2) is 9.98 Å². The van der Waals surface area contributed by atoms with Crippen molar-refractivity contribution in [3.63, 3.8) is 0 Å². The zero-order valence-corrected chi connectivity index (χ0v) is 14.2. The summed E-state index contributed by atoms with van der Waals surface area (Å²) in [7, 11) is 0. The third-order valence-corrected chi connectivity index (χ3v) is 4.75. The van der Waals surface area contributed by atoms with E-state index in [-0.39, 0.29) is 5.91 Å². The van der Waals surface area contributed by atoms with Gasteiger partial charge in [0.2, 0.25) is 0 Å². The van der Waals surface area contributed by atoms with Crippen LogP contribution >= 0.6 is 0 Å². The lowest BCUT2D eigenvalue weighted by Gasteiger charge is -2.36. The lowest BCUT2D eigenvalue weighted by molar-refractivity contribution is 0.0662. The van der Waals surface area contributed by atoms with Crippen molar-refractivity contribution in [1.82, 2.24) is 24.7 Å². The van der Waals surface area contributed by atoms with Crippen LogP contribution in [0.15, 0.2) is 40.5 Å². The quantitative estimate of drug-likeness (QED) is 0.806.